The highest BCUT2D eigenvalue weighted by atomic mass is 35.5. The lowest BCUT2D eigenvalue weighted by molar-refractivity contribution is -0.152. The van der Waals surface area contributed by atoms with Crippen LogP contribution in [-0.2, 0) is 19.1 Å². The number of esters is 1. The smallest absolute Gasteiger partial charge is 0.319 e. The van der Waals surface area contributed by atoms with Crippen LogP contribution in [0.2, 0.25) is 0 Å². The van der Waals surface area contributed by atoms with E-state index in [0.29, 0.717) is 12.3 Å². The van der Waals surface area contributed by atoms with Crippen molar-refractivity contribution in [3.8, 4) is 0 Å². The van der Waals surface area contributed by atoms with Crippen molar-refractivity contribution >= 4 is 42.8 Å². The first-order valence-electron chi connectivity index (χ1n) is 6.93. The van der Waals surface area contributed by atoms with Crippen molar-refractivity contribution in [1.82, 2.24) is 10.6 Å². The fourth-order valence-corrected chi connectivity index (χ4v) is 1.55. The van der Waals surface area contributed by atoms with Crippen molar-refractivity contribution in [3.05, 3.63) is 0 Å². The number of thiol groups is 1. The Balaban J connectivity index is 0. The highest BCUT2D eigenvalue weighted by Gasteiger charge is 2.34. The molecule has 0 bridgehead atoms. The third-order valence-electron chi connectivity index (χ3n) is 2.85. The molecule has 0 radical (unpaired) electrons. The average molecular weight is 372 g/mol. The van der Waals surface area contributed by atoms with Crippen LogP contribution < -0.4 is 16.4 Å². The lowest BCUT2D eigenvalue weighted by Crippen LogP contribution is -2.47. The van der Waals surface area contributed by atoms with Gasteiger partial charge in [-0.3, -0.25) is 14.4 Å². The van der Waals surface area contributed by atoms with Gasteiger partial charge in [-0.05, 0) is 0 Å². The van der Waals surface area contributed by atoms with Gasteiger partial charge in [0, 0.05) is 30.7 Å². The largest absolute Gasteiger partial charge is 0.464 e. The molecule has 0 saturated carbocycles. The summed E-state index contributed by atoms with van der Waals surface area (Å²) in [6.45, 7) is 3.33. The second kappa shape index (κ2) is 12.4. The van der Waals surface area contributed by atoms with Crippen molar-refractivity contribution < 1.29 is 24.2 Å². The van der Waals surface area contributed by atoms with Crippen molar-refractivity contribution in [2.45, 2.75) is 26.4 Å². The molecule has 0 heterocycles. The number of carbonyl (C=O) groups excluding carboxylic acids is 3. The van der Waals surface area contributed by atoms with Gasteiger partial charge < -0.3 is 26.2 Å². The predicted molar refractivity (Wildman–Crippen MR) is 91.5 cm³/mol. The van der Waals surface area contributed by atoms with Gasteiger partial charge >= 0.3 is 5.97 Å². The summed E-state index contributed by atoms with van der Waals surface area (Å²) < 4.78 is 4.84. The Morgan fingerprint density at radius 3 is 2.39 bits per heavy atom. The average Bonchev–Trinajstić information content (AvgIpc) is 2.49. The zero-order chi connectivity index (χ0) is 17.2. The molecule has 0 aromatic rings. The molecule has 0 unspecified atom stereocenters. The normalized spacial score (nSPS) is 11.9. The Labute approximate surface area is 147 Å². The molecule has 0 saturated heterocycles. The van der Waals surface area contributed by atoms with Crippen LogP contribution in [0.1, 0.15) is 20.3 Å². The van der Waals surface area contributed by atoms with E-state index in [4.69, 9.17) is 10.5 Å². The molecule has 10 heteroatoms. The summed E-state index contributed by atoms with van der Waals surface area (Å²) in [5, 5.41) is 15.1. The molecule has 5 N–H and O–H groups in total. The van der Waals surface area contributed by atoms with Crippen molar-refractivity contribution in [3.63, 3.8) is 0 Å². The second-order valence-corrected chi connectivity index (χ2v) is 5.82. The molecule has 0 aliphatic carbocycles. The number of amides is 2. The van der Waals surface area contributed by atoms with E-state index in [1.54, 1.807) is 13.8 Å². The summed E-state index contributed by atoms with van der Waals surface area (Å²) in [6, 6.07) is 0. The van der Waals surface area contributed by atoms with Crippen molar-refractivity contribution in [1.29, 1.82) is 0 Å². The number of carbonyl (C=O) groups is 3. The third-order valence-corrected chi connectivity index (χ3v) is 3.07. The minimum absolute atomic E-state index is 0. The van der Waals surface area contributed by atoms with E-state index in [1.807, 2.05) is 0 Å². The molecular formula is C13H26ClN3O5S. The van der Waals surface area contributed by atoms with Crippen LogP contribution in [0.25, 0.3) is 0 Å². The third kappa shape index (κ3) is 10.4. The Morgan fingerprint density at radius 2 is 1.87 bits per heavy atom. The maximum Gasteiger partial charge on any atom is 0.319 e. The summed E-state index contributed by atoms with van der Waals surface area (Å²) >= 11 is 3.96. The summed E-state index contributed by atoms with van der Waals surface area (Å²) in [5.41, 5.74) is 4.14. The Bertz CT molecular complexity index is 396. The first-order chi connectivity index (χ1) is 10.2. The number of rotatable bonds is 10. The number of aliphatic hydroxyl groups excluding tert-OH is 1. The second-order valence-electron chi connectivity index (χ2n) is 5.37. The van der Waals surface area contributed by atoms with E-state index in [0.717, 1.165) is 0 Å². The molecule has 0 spiro atoms. The first kappa shape index (κ1) is 24.2. The van der Waals surface area contributed by atoms with Gasteiger partial charge in [0.1, 0.15) is 6.10 Å². The molecule has 2 amide bonds. The molecule has 0 fully saturated rings. The zero-order valence-corrected chi connectivity index (χ0v) is 15.0. The lowest BCUT2D eigenvalue weighted by Gasteiger charge is -2.28. The van der Waals surface area contributed by atoms with Gasteiger partial charge in [-0.2, -0.15) is 12.6 Å². The van der Waals surface area contributed by atoms with Crippen LogP contribution in [0.15, 0.2) is 0 Å². The van der Waals surface area contributed by atoms with E-state index >= 15 is 0 Å². The minimum Gasteiger partial charge on any atom is -0.464 e. The summed E-state index contributed by atoms with van der Waals surface area (Å²) in [4.78, 5) is 34.2. The Hall–Kier alpha value is -1.03. The quantitative estimate of drug-likeness (QED) is 0.243. The molecule has 136 valence electrons. The summed E-state index contributed by atoms with van der Waals surface area (Å²) in [6.07, 6.45) is -1.27. The monoisotopic (exact) mass is 371 g/mol. The fourth-order valence-electron chi connectivity index (χ4n) is 1.44. The summed E-state index contributed by atoms with van der Waals surface area (Å²) in [5.74, 6) is -0.913. The van der Waals surface area contributed by atoms with Crippen LogP contribution in [0.5, 0.6) is 0 Å². The topological polar surface area (TPSA) is 131 Å². The van der Waals surface area contributed by atoms with Crippen LogP contribution in [-0.4, -0.2) is 61.0 Å². The first-order valence-corrected chi connectivity index (χ1v) is 7.57. The standard InChI is InChI=1S/C13H25N3O5S.ClH/c1-13(2,8-21-10(18)7-14)11(19)12(20)16-4-3-9(17)15-5-6-22;/h11,19,22H,3-8,14H2,1-2H3,(H,15,17)(H,16,20);1H/t11-;/m0./s1. The Kier molecular flexibility index (Phi) is 13.1. The Morgan fingerprint density at radius 1 is 1.26 bits per heavy atom. The number of nitrogens with two attached hydrogens (primary N) is 1. The van der Waals surface area contributed by atoms with Gasteiger partial charge in [0.05, 0.1) is 13.2 Å². The number of halogens is 1. The van der Waals surface area contributed by atoms with Crippen LogP contribution in [0, 0.1) is 5.41 Å². The predicted octanol–water partition coefficient (Wildman–Crippen LogP) is -1.15. The van der Waals surface area contributed by atoms with Crippen LogP contribution in [0.4, 0.5) is 0 Å². The zero-order valence-electron chi connectivity index (χ0n) is 13.3. The fraction of sp³-hybridized carbons (Fsp3) is 0.769. The van der Waals surface area contributed by atoms with E-state index in [9.17, 15) is 19.5 Å². The van der Waals surface area contributed by atoms with E-state index in [-0.39, 0.29) is 44.4 Å². The van der Waals surface area contributed by atoms with E-state index in [1.165, 1.54) is 0 Å². The highest BCUT2D eigenvalue weighted by molar-refractivity contribution is 7.80. The maximum absolute atomic E-state index is 11.8. The van der Waals surface area contributed by atoms with E-state index < -0.39 is 23.4 Å². The highest BCUT2D eigenvalue weighted by Crippen LogP contribution is 2.21. The van der Waals surface area contributed by atoms with E-state index in [2.05, 4.69) is 23.3 Å². The maximum atomic E-state index is 11.8. The molecule has 0 rings (SSSR count). The number of ether oxygens (including phenoxy) is 1. The molecule has 8 nitrogen and oxygen atoms in total. The minimum atomic E-state index is -1.38. The van der Waals surface area contributed by atoms with Crippen LogP contribution in [0.3, 0.4) is 0 Å². The molecular weight excluding hydrogens is 346 g/mol. The van der Waals surface area contributed by atoms with Gasteiger partial charge in [0.2, 0.25) is 11.8 Å². The van der Waals surface area contributed by atoms with Gasteiger partial charge in [0.15, 0.2) is 0 Å². The van der Waals surface area contributed by atoms with Gasteiger partial charge in [0.25, 0.3) is 0 Å². The number of nitrogens with one attached hydrogen (secondary N) is 2. The molecule has 0 aromatic heterocycles. The van der Waals surface area contributed by atoms with Gasteiger partial charge in [-0.25, -0.2) is 0 Å². The van der Waals surface area contributed by atoms with Gasteiger partial charge in [-0.1, -0.05) is 13.8 Å². The summed E-state index contributed by atoms with van der Waals surface area (Å²) in [7, 11) is 0. The van der Waals surface area contributed by atoms with Crippen molar-refractivity contribution in [2.75, 3.05) is 32.0 Å². The van der Waals surface area contributed by atoms with Gasteiger partial charge in [-0.15, -0.1) is 12.4 Å². The molecule has 0 aliphatic heterocycles. The van der Waals surface area contributed by atoms with Crippen molar-refractivity contribution in [2.24, 2.45) is 11.1 Å². The lowest BCUT2D eigenvalue weighted by atomic mass is 9.87. The molecule has 0 aliphatic rings. The van der Waals surface area contributed by atoms with Crippen LogP contribution >= 0.6 is 25.0 Å². The molecule has 1 atom stereocenters. The number of hydrogen-bond donors (Lipinski definition) is 5. The molecule has 0 aromatic carbocycles. The number of hydrogen-bond acceptors (Lipinski definition) is 7. The number of aliphatic hydroxyl groups is 1. The molecule has 23 heavy (non-hydrogen) atoms. The SMILES string of the molecule is CC(C)(COC(=O)CN)[C@@H](O)C(=O)NCCC(=O)NCCS.Cl.